The van der Waals surface area contributed by atoms with Crippen molar-refractivity contribution in [1.29, 1.82) is 0 Å². The zero-order valence-corrected chi connectivity index (χ0v) is 13.3. The van der Waals surface area contributed by atoms with Crippen molar-refractivity contribution in [2.24, 2.45) is 4.99 Å². The van der Waals surface area contributed by atoms with E-state index < -0.39 is 8.32 Å². The van der Waals surface area contributed by atoms with Crippen molar-refractivity contribution < 1.29 is 4.43 Å². The Morgan fingerprint density at radius 3 is 2.60 bits per heavy atom. The zero-order chi connectivity index (χ0) is 14.6. The Labute approximate surface area is 120 Å². The average molecular weight is 285 g/mol. The van der Waals surface area contributed by atoms with Crippen LogP contribution < -0.4 is 4.43 Å². The van der Waals surface area contributed by atoms with E-state index in [0.717, 1.165) is 17.1 Å². The van der Waals surface area contributed by atoms with Crippen molar-refractivity contribution in [2.45, 2.75) is 26.6 Å². The van der Waals surface area contributed by atoms with E-state index in [2.05, 4.69) is 34.6 Å². The average Bonchev–Trinajstić information content (AvgIpc) is 2.36. The zero-order valence-electron chi connectivity index (χ0n) is 12.3. The molecule has 0 bridgehead atoms. The van der Waals surface area contributed by atoms with Gasteiger partial charge in [0, 0.05) is 11.9 Å². The van der Waals surface area contributed by atoms with Gasteiger partial charge in [-0.1, -0.05) is 12.1 Å². The highest BCUT2D eigenvalue weighted by Gasteiger charge is 2.17. The third kappa shape index (κ3) is 4.27. The molecule has 0 amide bonds. The number of para-hydroxylation sites is 2. The van der Waals surface area contributed by atoms with Crippen LogP contribution in [0.15, 0.2) is 41.5 Å². The molecule has 0 aliphatic carbocycles. The van der Waals surface area contributed by atoms with Gasteiger partial charge in [-0.3, -0.25) is 0 Å². The molecular formula is C15H19N3OSi. The Morgan fingerprint density at radius 1 is 1.15 bits per heavy atom. The van der Waals surface area contributed by atoms with Crippen LogP contribution in [0.5, 0.6) is 5.75 Å². The first-order valence-electron chi connectivity index (χ1n) is 6.56. The number of hydrogen-bond donors (Lipinski definition) is 0. The Hall–Kier alpha value is -2.01. The predicted octanol–water partition coefficient (Wildman–Crippen LogP) is 3.75. The third-order valence-electron chi connectivity index (χ3n) is 2.41. The first-order valence-corrected chi connectivity index (χ1v) is 9.97. The Morgan fingerprint density at radius 2 is 1.90 bits per heavy atom. The quantitative estimate of drug-likeness (QED) is 0.635. The van der Waals surface area contributed by atoms with E-state index in [1.165, 1.54) is 0 Å². The molecule has 0 unspecified atom stereocenters. The van der Waals surface area contributed by atoms with Crippen molar-refractivity contribution in [3.05, 3.63) is 48.0 Å². The molecule has 20 heavy (non-hydrogen) atoms. The van der Waals surface area contributed by atoms with Crippen molar-refractivity contribution in [2.75, 3.05) is 0 Å². The minimum atomic E-state index is -1.65. The fourth-order valence-electron chi connectivity index (χ4n) is 1.64. The highest BCUT2D eigenvalue weighted by Crippen LogP contribution is 2.28. The molecule has 1 heterocycles. The van der Waals surface area contributed by atoms with Gasteiger partial charge in [-0.25, -0.2) is 15.0 Å². The highest BCUT2D eigenvalue weighted by atomic mass is 28.4. The molecule has 5 heteroatoms. The molecular weight excluding hydrogens is 266 g/mol. The number of aliphatic imine (C=N–C) groups is 1. The lowest BCUT2D eigenvalue weighted by molar-refractivity contribution is 0.559. The lowest BCUT2D eigenvalue weighted by Gasteiger charge is -2.20. The van der Waals surface area contributed by atoms with Crippen molar-refractivity contribution in [3.8, 4) is 5.75 Å². The third-order valence-corrected chi connectivity index (χ3v) is 3.25. The maximum atomic E-state index is 6.03. The molecule has 0 radical (unpaired) electrons. The number of rotatable bonds is 4. The van der Waals surface area contributed by atoms with Crippen LogP contribution in [-0.4, -0.2) is 24.5 Å². The van der Waals surface area contributed by atoms with Crippen LogP contribution >= 0.6 is 0 Å². The van der Waals surface area contributed by atoms with Gasteiger partial charge in [-0.15, -0.1) is 0 Å². The molecule has 0 saturated heterocycles. The number of benzene rings is 1. The molecule has 1 aromatic heterocycles. The van der Waals surface area contributed by atoms with Crippen LogP contribution in [0.1, 0.15) is 11.5 Å². The molecule has 2 aromatic rings. The van der Waals surface area contributed by atoms with Gasteiger partial charge in [0.2, 0.25) is 8.32 Å². The minimum absolute atomic E-state index is 0.604. The lowest BCUT2D eigenvalue weighted by Crippen LogP contribution is -2.29. The van der Waals surface area contributed by atoms with E-state index in [9.17, 15) is 0 Å². The smallest absolute Gasteiger partial charge is 0.242 e. The monoisotopic (exact) mass is 285 g/mol. The van der Waals surface area contributed by atoms with E-state index >= 15 is 0 Å². The van der Waals surface area contributed by atoms with Gasteiger partial charge in [0.1, 0.15) is 11.4 Å². The molecule has 2 rings (SSSR count). The normalized spacial score (nSPS) is 11.8. The SMILES string of the molecule is Cc1ccnc(C=Nc2ccccc2O[Si](C)(C)C)n1. The molecule has 0 aliphatic rings. The summed E-state index contributed by atoms with van der Waals surface area (Å²) < 4.78 is 6.03. The van der Waals surface area contributed by atoms with E-state index in [1.807, 2.05) is 37.3 Å². The van der Waals surface area contributed by atoms with Gasteiger partial charge in [0.15, 0.2) is 5.82 Å². The van der Waals surface area contributed by atoms with Crippen LogP contribution in [0.3, 0.4) is 0 Å². The number of hydrogen-bond acceptors (Lipinski definition) is 4. The second-order valence-electron chi connectivity index (χ2n) is 5.50. The van der Waals surface area contributed by atoms with E-state index in [1.54, 1.807) is 12.4 Å². The summed E-state index contributed by atoms with van der Waals surface area (Å²) in [6.45, 7) is 8.38. The van der Waals surface area contributed by atoms with E-state index in [0.29, 0.717) is 5.82 Å². The fraction of sp³-hybridized carbons (Fsp3) is 0.267. The molecule has 0 aliphatic heterocycles. The summed E-state index contributed by atoms with van der Waals surface area (Å²) in [5.41, 5.74) is 1.73. The van der Waals surface area contributed by atoms with E-state index in [-0.39, 0.29) is 0 Å². The van der Waals surface area contributed by atoms with Crippen LogP contribution in [0.25, 0.3) is 0 Å². The van der Waals surface area contributed by atoms with Crippen LogP contribution in [0.2, 0.25) is 19.6 Å². The number of aromatic nitrogens is 2. The Kier molecular flexibility index (Phi) is 4.29. The van der Waals surface area contributed by atoms with Crippen LogP contribution in [0, 0.1) is 6.92 Å². The Balaban J connectivity index is 2.25. The standard InChI is InChI=1S/C15H19N3OSi/c1-12-9-10-16-15(18-12)11-17-13-7-5-6-8-14(13)19-20(2,3)4/h5-11H,1-4H3. The second-order valence-corrected chi connectivity index (χ2v) is 9.93. The van der Waals surface area contributed by atoms with Crippen molar-refractivity contribution >= 4 is 20.2 Å². The summed E-state index contributed by atoms with van der Waals surface area (Å²) in [5, 5.41) is 0. The number of aryl methyl sites for hydroxylation is 1. The number of nitrogens with zero attached hydrogens (tertiary/aromatic N) is 3. The summed E-state index contributed by atoms with van der Waals surface area (Å²) in [6, 6.07) is 9.64. The summed E-state index contributed by atoms with van der Waals surface area (Å²) in [7, 11) is -1.65. The largest absolute Gasteiger partial charge is 0.543 e. The Bertz CT molecular complexity index is 621. The fourth-order valence-corrected chi connectivity index (χ4v) is 2.47. The van der Waals surface area contributed by atoms with Crippen LogP contribution in [0.4, 0.5) is 5.69 Å². The molecule has 104 valence electrons. The highest BCUT2D eigenvalue weighted by molar-refractivity contribution is 6.70. The van der Waals surface area contributed by atoms with Crippen molar-refractivity contribution in [3.63, 3.8) is 0 Å². The lowest BCUT2D eigenvalue weighted by atomic mass is 10.3. The first kappa shape index (κ1) is 14.4. The van der Waals surface area contributed by atoms with Gasteiger partial charge in [0.25, 0.3) is 0 Å². The molecule has 1 aromatic carbocycles. The molecule has 0 N–H and O–H groups in total. The maximum absolute atomic E-state index is 6.03. The summed E-state index contributed by atoms with van der Waals surface area (Å²) in [4.78, 5) is 12.9. The topological polar surface area (TPSA) is 47.4 Å². The predicted molar refractivity (Wildman–Crippen MR) is 84.4 cm³/mol. The van der Waals surface area contributed by atoms with Crippen molar-refractivity contribution in [1.82, 2.24) is 9.97 Å². The molecule has 0 spiro atoms. The molecule has 0 atom stereocenters. The van der Waals surface area contributed by atoms with Gasteiger partial charge in [-0.05, 0) is 44.8 Å². The van der Waals surface area contributed by atoms with Gasteiger partial charge in [-0.2, -0.15) is 0 Å². The van der Waals surface area contributed by atoms with Crippen LogP contribution in [-0.2, 0) is 0 Å². The summed E-state index contributed by atoms with van der Waals surface area (Å²) in [5.74, 6) is 1.42. The van der Waals surface area contributed by atoms with E-state index in [4.69, 9.17) is 4.43 Å². The van der Waals surface area contributed by atoms with Gasteiger partial charge >= 0.3 is 0 Å². The summed E-state index contributed by atoms with van der Waals surface area (Å²) in [6.07, 6.45) is 3.40. The first-order chi connectivity index (χ1) is 9.44. The minimum Gasteiger partial charge on any atom is -0.543 e. The maximum Gasteiger partial charge on any atom is 0.242 e. The molecule has 4 nitrogen and oxygen atoms in total. The van der Waals surface area contributed by atoms with Gasteiger partial charge in [0.05, 0.1) is 6.21 Å². The van der Waals surface area contributed by atoms with Gasteiger partial charge < -0.3 is 4.43 Å². The molecule has 0 fully saturated rings. The second kappa shape index (κ2) is 5.96. The summed E-state index contributed by atoms with van der Waals surface area (Å²) >= 11 is 0. The molecule has 0 saturated carbocycles.